The Morgan fingerprint density at radius 1 is 0.737 bits per heavy atom. The molecule has 2 atom stereocenters. The van der Waals surface area contributed by atoms with E-state index in [1.54, 1.807) is 0 Å². The molecule has 2 nitrogen and oxygen atoms in total. The molecular weight excluding hydrogens is 236 g/mol. The average molecular weight is 270 g/mol. The maximum absolute atomic E-state index is 5.91. The first-order valence-corrected chi connectivity index (χ1v) is 8.43. The van der Waals surface area contributed by atoms with Crippen molar-refractivity contribution in [2.75, 3.05) is 0 Å². The van der Waals surface area contributed by atoms with Gasteiger partial charge in [-0.15, -0.1) is 0 Å². The summed E-state index contributed by atoms with van der Waals surface area (Å²) in [5.41, 5.74) is 0. The van der Waals surface area contributed by atoms with Crippen molar-refractivity contribution in [3.63, 3.8) is 0 Å². The van der Waals surface area contributed by atoms with Crippen LogP contribution in [0, 0.1) is 0 Å². The number of unbranched alkanes of at least 4 members (excludes halogenated alkanes) is 8. The van der Waals surface area contributed by atoms with Gasteiger partial charge in [-0.25, -0.2) is 0 Å². The van der Waals surface area contributed by atoms with Crippen molar-refractivity contribution in [2.24, 2.45) is 0 Å². The second kappa shape index (κ2) is 8.97. The van der Waals surface area contributed by atoms with Gasteiger partial charge in [0, 0.05) is 6.42 Å². The van der Waals surface area contributed by atoms with Crippen LogP contribution >= 0.6 is 0 Å². The minimum Gasteiger partial charge on any atom is -0.345 e. The Hall–Kier alpha value is -0.0800. The lowest BCUT2D eigenvalue weighted by Crippen LogP contribution is -2.26. The lowest BCUT2D eigenvalue weighted by molar-refractivity contribution is -0.164. The van der Waals surface area contributed by atoms with Crippen LogP contribution in [0.2, 0.25) is 0 Å². The van der Waals surface area contributed by atoms with Crippen molar-refractivity contribution in [3.8, 4) is 0 Å². The van der Waals surface area contributed by atoms with Crippen molar-refractivity contribution >= 4 is 0 Å². The van der Waals surface area contributed by atoms with Crippen LogP contribution in [0.15, 0.2) is 0 Å². The van der Waals surface area contributed by atoms with Crippen LogP contribution in [0.3, 0.4) is 0 Å². The van der Waals surface area contributed by atoms with Gasteiger partial charge in [0.1, 0.15) is 0 Å². The Bertz CT molecular complexity index is 217. The Morgan fingerprint density at radius 3 is 1.63 bits per heavy atom. The van der Waals surface area contributed by atoms with E-state index in [2.05, 4.69) is 27.7 Å². The molecule has 1 aliphatic heterocycles. The normalized spacial score (nSPS) is 30.9. The fourth-order valence-electron chi connectivity index (χ4n) is 2.88. The zero-order chi connectivity index (χ0) is 14.1. The average Bonchev–Trinajstić information content (AvgIpc) is 2.61. The quantitative estimate of drug-likeness (QED) is 0.492. The molecule has 0 N–H and O–H groups in total. The Kier molecular flexibility index (Phi) is 8.01. The molecule has 1 aliphatic rings. The molecule has 2 heteroatoms. The zero-order valence-electron chi connectivity index (χ0n) is 13.5. The van der Waals surface area contributed by atoms with E-state index >= 15 is 0 Å². The second-order valence-electron chi connectivity index (χ2n) is 6.36. The largest absolute Gasteiger partial charge is 0.345 e. The van der Waals surface area contributed by atoms with Crippen molar-refractivity contribution in [1.82, 2.24) is 0 Å². The highest BCUT2D eigenvalue weighted by Crippen LogP contribution is 2.32. The van der Waals surface area contributed by atoms with E-state index < -0.39 is 0 Å². The summed E-state index contributed by atoms with van der Waals surface area (Å²) in [6.45, 7) is 8.58. The Balaban J connectivity index is 1.94. The first-order chi connectivity index (χ1) is 9.07. The third kappa shape index (κ3) is 6.76. The standard InChI is InChI=1S/C17H34O2/c1-5-6-7-8-9-10-11-12-13-14-17(4)18-15(2)16(3)19-17/h15-16H,5-14H2,1-4H3. The predicted octanol–water partition coefficient (Wildman–Crippen LogP) is 5.45. The number of ether oxygens (including phenoxy) is 2. The molecule has 0 aromatic carbocycles. The summed E-state index contributed by atoms with van der Waals surface area (Å²) in [6, 6.07) is 0. The summed E-state index contributed by atoms with van der Waals surface area (Å²) in [7, 11) is 0. The first-order valence-electron chi connectivity index (χ1n) is 8.43. The van der Waals surface area contributed by atoms with Gasteiger partial charge in [0.15, 0.2) is 5.79 Å². The highest BCUT2D eigenvalue weighted by Gasteiger charge is 2.39. The molecule has 1 saturated heterocycles. The molecule has 0 aromatic rings. The molecule has 0 bridgehead atoms. The van der Waals surface area contributed by atoms with Crippen molar-refractivity contribution in [3.05, 3.63) is 0 Å². The number of hydrogen-bond acceptors (Lipinski definition) is 2. The van der Waals surface area contributed by atoms with E-state index in [1.807, 2.05) is 0 Å². The van der Waals surface area contributed by atoms with Crippen LogP contribution < -0.4 is 0 Å². The van der Waals surface area contributed by atoms with Crippen LogP contribution in [-0.2, 0) is 9.47 Å². The first kappa shape index (κ1) is 17.0. The molecule has 1 fully saturated rings. The molecule has 0 spiro atoms. The Morgan fingerprint density at radius 2 is 1.16 bits per heavy atom. The van der Waals surface area contributed by atoms with Gasteiger partial charge in [-0.2, -0.15) is 0 Å². The minimum absolute atomic E-state index is 0.239. The predicted molar refractivity (Wildman–Crippen MR) is 81.3 cm³/mol. The molecule has 1 heterocycles. The van der Waals surface area contributed by atoms with Crippen LogP contribution in [-0.4, -0.2) is 18.0 Å². The highest BCUT2D eigenvalue weighted by molar-refractivity contribution is 4.78. The third-order valence-electron chi connectivity index (χ3n) is 4.27. The van der Waals surface area contributed by atoms with E-state index in [0.717, 1.165) is 6.42 Å². The summed E-state index contributed by atoms with van der Waals surface area (Å²) in [6.07, 6.45) is 13.8. The SMILES string of the molecule is CCCCCCCCCCCC1(C)OC(C)C(C)O1. The lowest BCUT2D eigenvalue weighted by Gasteiger charge is -2.23. The molecule has 0 radical (unpaired) electrons. The fourth-order valence-corrected chi connectivity index (χ4v) is 2.88. The van der Waals surface area contributed by atoms with Gasteiger partial charge >= 0.3 is 0 Å². The van der Waals surface area contributed by atoms with Crippen molar-refractivity contribution in [2.45, 2.75) is 110 Å². The third-order valence-corrected chi connectivity index (χ3v) is 4.27. The minimum atomic E-state index is -0.319. The molecule has 19 heavy (non-hydrogen) atoms. The molecule has 1 rings (SSSR count). The number of rotatable bonds is 10. The monoisotopic (exact) mass is 270 g/mol. The summed E-state index contributed by atoms with van der Waals surface area (Å²) in [5.74, 6) is -0.319. The summed E-state index contributed by atoms with van der Waals surface area (Å²) >= 11 is 0. The van der Waals surface area contributed by atoms with Crippen LogP contribution in [0.25, 0.3) is 0 Å². The van der Waals surface area contributed by atoms with Gasteiger partial charge in [0.05, 0.1) is 12.2 Å². The highest BCUT2D eigenvalue weighted by atomic mass is 16.7. The van der Waals surface area contributed by atoms with Crippen molar-refractivity contribution in [1.29, 1.82) is 0 Å². The van der Waals surface area contributed by atoms with Gasteiger partial charge in [-0.1, -0.05) is 58.3 Å². The smallest absolute Gasteiger partial charge is 0.166 e. The maximum Gasteiger partial charge on any atom is 0.166 e. The van der Waals surface area contributed by atoms with Crippen molar-refractivity contribution < 1.29 is 9.47 Å². The number of hydrogen-bond donors (Lipinski definition) is 0. The lowest BCUT2D eigenvalue weighted by atomic mass is 10.0. The maximum atomic E-state index is 5.91. The van der Waals surface area contributed by atoms with E-state index in [9.17, 15) is 0 Å². The van der Waals surface area contributed by atoms with Crippen LogP contribution in [0.1, 0.15) is 91.9 Å². The fraction of sp³-hybridized carbons (Fsp3) is 1.00. The molecule has 0 saturated carbocycles. The molecule has 0 amide bonds. The van der Waals surface area contributed by atoms with Gasteiger partial charge in [0.2, 0.25) is 0 Å². The molecule has 0 aromatic heterocycles. The van der Waals surface area contributed by atoms with Crippen LogP contribution in [0.5, 0.6) is 0 Å². The summed E-state index contributed by atoms with van der Waals surface area (Å²) in [4.78, 5) is 0. The zero-order valence-corrected chi connectivity index (χ0v) is 13.5. The van der Waals surface area contributed by atoms with Gasteiger partial charge in [-0.3, -0.25) is 0 Å². The van der Waals surface area contributed by atoms with Gasteiger partial charge < -0.3 is 9.47 Å². The second-order valence-corrected chi connectivity index (χ2v) is 6.36. The molecular formula is C17H34O2. The van der Waals surface area contributed by atoms with Gasteiger partial charge in [0.25, 0.3) is 0 Å². The van der Waals surface area contributed by atoms with E-state index in [-0.39, 0.29) is 18.0 Å². The van der Waals surface area contributed by atoms with E-state index in [4.69, 9.17) is 9.47 Å². The van der Waals surface area contributed by atoms with E-state index in [0.29, 0.717) is 0 Å². The molecule has 2 unspecified atom stereocenters. The summed E-state index contributed by atoms with van der Waals surface area (Å²) < 4.78 is 11.8. The van der Waals surface area contributed by atoms with E-state index in [1.165, 1.54) is 57.8 Å². The van der Waals surface area contributed by atoms with Crippen LogP contribution in [0.4, 0.5) is 0 Å². The summed E-state index contributed by atoms with van der Waals surface area (Å²) in [5, 5.41) is 0. The molecule has 0 aliphatic carbocycles. The topological polar surface area (TPSA) is 18.5 Å². The molecule has 114 valence electrons. The van der Waals surface area contributed by atoms with Gasteiger partial charge in [-0.05, 0) is 27.2 Å². The Labute approximate surface area is 120 Å².